The first-order chi connectivity index (χ1) is 9.85. The van der Waals surface area contributed by atoms with Gasteiger partial charge in [-0.05, 0) is 6.42 Å². The summed E-state index contributed by atoms with van der Waals surface area (Å²) in [5.41, 5.74) is 0. The van der Waals surface area contributed by atoms with Crippen molar-refractivity contribution >= 4 is 23.8 Å². The fourth-order valence-electron chi connectivity index (χ4n) is 1.59. The van der Waals surface area contributed by atoms with Crippen molar-refractivity contribution in [2.45, 2.75) is 32.2 Å². The molecule has 0 aliphatic rings. The maximum Gasteiger partial charge on any atom is 0.328 e. The van der Waals surface area contributed by atoms with E-state index in [1.54, 1.807) is 6.92 Å². The van der Waals surface area contributed by atoms with Gasteiger partial charge in [-0.25, -0.2) is 4.79 Å². The Kier molecular flexibility index (Phi) is 8.75. The van der Waals surface area contributed by atoms with Crippen molar-refractivity contribution in [3.63, 3.8) is 0 Å². The number of methoxy groups -OCH3 is 3. The first kappa shape index (κ1) is 18.9. The van der Waals surface area contributed by atoms with Gasteiger partial charge in [-0.2, -0.15) is 0 Å². The first-order valence-corrected chi connectivity index (χ1v) is 6.37. The Balaban J connectivity index is 4.56. The van der Waals surface area contributed by atoms with Crippen LogP contribution in [0.15, 0.2) is 0 Å². The van der Waals surface area contributed by atoms with Crippen molar-refractivity contribution in [1.29, 1.82) is 0 Å². The van der Waals surface area contributed by atoms with E-state index < -0.39 is 35.8 Å². The summed E-state index contributed by atoms with van der Waals surface area (Å²) in [5.74, 6) is -2.78. The quantitative estimate of drug-likeness (QED) is 0.488. The summed E-state index contributed by atoms with van der Waals surface area (Å²) < 4.78 is 13.5. The largest absolute Gasteiger partial charge is 0.469 e. The van der Waals surface area contributed by atoms with E-state index in [1.165, 1.54) is 21.3 Å². The van der Waals surface area contributed by atoms with Gasteiger partial charge in [0.15, 0.2) is 0 Å². The second kappa shape index (κ2) is 9.73. The molecule has 0 aliphatic heterocycles. The lowest BCUT2D eigenvalue weighted by molar-refractivity contribution is -0.148. The molecule has 0 spiro atoms. The number of esters is 3. The number of nitrogens with one attached hydrogen (secondary N) is 1. The van der Waals surface area contributed by atoms with E-state index in [2.05, 4.69) is 19.5 Å². The molecule has 1 amide bonds. The van der Waals surface area contributed by atoms with Gasteiger partial charge in [0.25, 0.3) is 0 Å². The minimum atomic E-state index is -0.978. The highest BCUT2D eigenvalue weighted by molar-refractivity contribution is 5.86. The molecule has 0 aromatic carbocycles. The molecule has 0 saturated heterocycles. The first-order valence-electron chi connectivity index (χ1n) is 6.37. The zero-order valence-corrected chi connectivity index (χ0v) is 12.6. The maximum atomic E-state index is 11.7. The molecule has 0 fully saturated rings. The monoisotopic (exact) mass is 303 g/mol. The third-order valence-corrected chi connectivity index (χ3v) is 2.80. The van der Waals surface area contributed by atoms with Gasteiger partial charge in [-0.15, -0.1) is 0 Å². The van der Waals surface area contributed by atoms with Gasteiger partial charge in [-0.3, -0.25) is 14.4 Å². The van der Waals surface area contributed by atoms with Crippen molar-refractivity contribution in [3.05, 3.63) is 0 Å². The van der Waals surface area contributed by atoms with E-state index >= 15 is 0 Å². The van der Waals surface area contributed by atoms with E-state index in [0.29, 0.717) is 0 Å². The summed E-state index contributed by atoms with van der Waals surface area (Å²) in [5, 5.41) is 2.43. The van der Waals surface area contributed by atoms with Crippen molar-refractivity contribution in [3.8, 4) is 0 Å². The van der Waals surface area contributed by atoms with Gasteiger partial charge >= 0.3 is 17.9 Å². The third kappa shape index (κ3) is 7.28. The highest BCUT2D eigenvalue weighted by Crippen LogP contribution is 2.10. The summed E-state index contributed by atoms with van der Waals surface area (Å²) in [4.78, 5) is 45.6. The van der Waals surface area contributed by atoms with Crippen molar-refractivity contribution in [2.75, 3.05) is 21.3 Å². The summed E-state index contributed by atoms with van der Waals surface area (Å²) in [6, 6.07) is -0.978. The van der Waals surface area contributed by atoms with Crippen LogP contribution in [-0.4, -0.2) is 51.2 Å². The topological polar surface area (TPSA) is 108 Å². The Labute approximate surface area is 123 Å². The number of hydrogen-bond acceptors (Lipinski definition) is 7. The lowest BCUT2D eigenvalue weighted by Gasteiger charge is -2.19. The lowest BCUT2D eigenvalue weighted by Crippen LogP contribution is -2.43. The minimum Gasteiger partial charge on any atom is -0.469 e. The number of ether oxygens (including phenoxy) is 3. The molecule has 2 atom stereocenters. The fourth-order valence-corrected chi connectivity index (χ4v) is 1.59. The Bertz CT molecular complexity index is 394. The molecule has 0 aliphatic carbocycles. The van der Waals surface area contributed by atoms with Crippen LogP contribution in [0.5, 0.6) is 0 Å². The zero-order chi connectivity index (χ0) is 16.4. The molecule has 0 aromatic rings. The zero-order valence-electron chi connectivity index (χ0n) is 12.6. The predicted octanol–water partition coefficient (Wildman–Crippen LogP) is -0.203. The van der Waals surface area contributed by atoms with Gasteiger partial charge < -0.3 is 19.5 Å². The average molecular weight is 303 g/mol. The number of rotatable bonds is 8. The number of carbonyl (C=O) groups is 4. The van der Waals surface area contributed by atoms with Crippen LogP contribution in [0.4, 0.5) is 0 Å². The molecule has 8 nitrogen and oxygen atoms in total. The van der Waals surface area contributed by atoms with Crippen LogP contribution in [-0.2, 0) is 33.4 Å². The second-order valence-corrected chi connectivity index (χ2v) is 4.38. The highest BCUT2D eigenvalue weighted by Gasteiger charge is 2.27. The van der Waals surface area contributed by atoms with Crippen LogP contribution in [0, 0.1) is 5.92 Å². The van der Waals surface area contributed by atoms with Gasteiger partial charge in [0, 0.05) is 6.42 Å². The Hall–Kier alpha value is -2.12. The predicted molar refractivity (Wildman–Crippen MR) is 71.0 cm³/mol. The molecule has 0 bridgehead atoms. The van der Waals surface area contributed by atoms with E-state index in [9.17, 15) is 19.2 Å². The average Bonchev–Trinajstić information content (AvgIpc) is 2.49. The molecule has 0 heterocycles. The Morgan fingerprint density at radius 2 is 1.48 bits per heavy atom. The number of amides is 1. The van der Waals surface area contributed by atoms with Crippen LogP contribution >= 0.6 is 0 Å². The normalized spacial score (nSPS) is 12.8. The summed E-state index contributed by atoms with van der Waals surface area (Å²) >= 11 is 0. The van der Waals surface area contributed by atoms with Gasteiger partial charge in [-0.1, -0.05) is 6.92 Å². The molecule has 0 aromatic heterocycles. The highest BCUT2D eigenvalue weighted by atomic mass is 16.5. The standard InChI is InChI=1S/C13H21NO7/c1-8(12(17)20-3)7-9(13(18)21-4)14-10(15)5-6-11(16)19-2/h8-9H,5-7H2,1-4H3,(H,14,15)/t8-,9+/m1/s1. The minimum absolute atomic E-state index is 0.0450. The van der Waals surface area contributed by atoms with Crippen LogP contribution in [0.2, 0.25) is 0 Å². The molecule has 21 heavy (non-hydrogen) atoms. The lowest BCUT2D eigenvalue weighted by atomic mass is 10.0. The van der Waals surface area contributed by atoms with Gasteiger partial charge in [0.05, 0.1) is 33.7 Å². The summed E-state index contributed by atoms with van der Waals surface area (Å²) in [7, 11) is 3.63. The maximum absolute atomic E-state index is 11.7. The molecule has 0 saturated carbocycles. The Morgan fingerprint density at radius 1 is 0.905 bits per heavy atom. The fraction of sp³-hybridized carbons (Fsp3) is 0.692. The van der Waals surface area contributed by atoms with Crippen LogP contribution < -0.4 is 5.32 Å². The van der Waals surface area contributed by atoms with Crippen molar-refractivity contribution < 1.29 is 33.4 Å². The number of hydrogen-bond donors (Lipinski definition) is 1. The number of carbonyl (C=O) groups excluding carboxylic acids is 4. The van der Waals surface area contributed by atoms with Gasteiger partial charge in [0.2, 0.25) is 5.91 Å². The molecular formula is C13H21NO7. The summed E-state index contributed by atoms with van der Waals surface area (Å²) in [6.45, 7) is 1.57. The molecule has 8 heteroatoms. The smallest absolute Gasteiger partial charge is 0.328 e. The van der Waals surface area contributed by atoms with E-state index in [-0.39, 0.29) is 19.3 Å². The van der Waals surface area contributed by atoms with Gasteiger partial charge in [0.1, 0.15) is 6.04 Å². The Morgan fingerprint density at radius 3 is 1.95 bits per heavy atom. The molecule has 120 valence electrons. The van der Waals surface area contributed by atoms with Crippen molar-refractivity contribution in [1.82, 2.24) is 5.32 Å². The SMILES string of the molecule is COC(=O)CCC(=O)N[C@@H](C[C@@H](C)C(=O)OC)C(=O)OC. The van der Waals surface area contributed by atoms with Crippen molar-refractivity contribution in [2.24, 2.45) is 5.92 Å². The molecule has 0 unspecified atom stereocenters. The van der Waals surface area contributed by atoms with E-state index in [0.717, 1.165) is 0 Å². The summed E-state index contributed by atoms with van der Waals surface area (Å²) in [6.07, 6.45) is -0.168. The molecule has 1 N–H and O–H groups in total. The van der Waals surface area contributed by atoms with E-state index in [1.807, 2.05) is 0 Å². The van der Waals surface area contributed by atoms with Crippen LogP contribution in [0.3, 0.4) is 0 Å². The molecule has 0 radical (unpaired) electrons. The molecule has 0 rings (SSSR count). The van der Waals surface area contributed by atoms with Crippen LogP contribution in [0.25, 0.3) is 0 Å². The van der Waals surface area contributed by atoms with E-state index in [4.69, 9.17) is 0 Å². The molecular weight excluding hydrogens is 282 g/mol. The van der Waals surface area contributed by atoms with Crippen LogP contribution in [0.1, 0.15) is 26.2 Å². The third-order valence-electron chi connectivity index (χ3n) is 2.80. The second-order valence-electron chi connectivity index (χ2n) is 4.38.